The first-order chi connectivity index (χ1) is 10.6. The highest BCUT2D eigenvalue weighted by Crippen LogP contribution is 2.28. The molecule has 0 aromatic rings. The molecule has 130 valence electrons. The second kappa shape index (κ2) is 14.7. The van der Waals surface area contributed by atoms with Crippen LogP contribution < -0.4 is 0 Å². The Kier molecular flexibility index (Phi) is 15.5. The van der Waals surface area contributed by atoms with Gasteiger partial charge in [-0.2, -0.15) is 0 Å². The summed E-state index contributed by atoms with van der Waals surface area (Å²) in [6.07, 6.45) is 6.07. The third kappa shape index (κ3) is 8.96. The van der Waals surface area contributed by atoms with Crippen molar-refractivity contribution >= 4 is 18.5 Å². The number of amides is 1. The summed E-state index contributed by atoms with van der Waals surface area (Å²) in [4.78, 5) is 34.7. The van der Waals surface area contributed by atoms with Gasteiger partial charge in [-0.25, -0.2) is 0 Å². The summed E-state index contributed by atoms with van der Waals surface area (Å²) >= 11 is 0. The third-order valence-electron chi connectivity index (χ3n) is 3.86. The summed E-state index contributed by atoms with van der Waals surface area (Å²) in [7, 11) is 1.80. The molecule has 1 saturated carbocycles. The molecule has 1 atom stereocenters. The lowest BCUT2D eigenvalue weighted by Gasteiger charge is -2.30. The fraction of sp³-hybridized carbons (Fsp3) is 0.833. The van der Waals surface area contributed by atoms with E-state index < -0.39 is 0 Å². The van der Waals surface area contributed by atoms with Crippen LogP contribution in [0, 0.1) is 17.8 Å². The van der Waals surface area contributed by atoms with E-state index in [9.17, 15) is 14.4 Å². The lowest BCUT2D eigenvalue weighted by molar-refractivity contribution is -0.135. The summed E-state index contributed by atoms with van der Waals surface area (Å²) in [5, 5.41) is 0. The van der Waals surface area contributed by atoms with Gasteiger partial charge >= 0.3 is 0 Å². The van der Waals surface area contributed by atoms with E-state index in [1.807, 2.05) is 27.7 Å². The Morgan fingerprint density at radius 1 is 1.09 bits per heavy atom. The van der Waals surface area contributed by atoms with Gasteiger partial charge in [-0.1, -0.05) is 34.6 Å². The summed E-state index contributed by atoms with van der Waals surface area (Å²) in [6.45, 7) is 10.5. The predicted molar refractivity (Wildman–Crippen MR) is 91.7 cm³/mol. The Balaban J connectivity index is 0. The average molecular weight is 313 g/mol. The van der Waals surface area contributed by atoms with Gasteiger partial charge in [0, 0.05) is 31.8 Å². The minimum Gasteiger partial charge on any atom is -0.345 e. The molecule has 1 fully saturated rings. The van der Waals surface area contributed by atoms with Gasteiger partial charge in [0.1, 0.15) is 12.6 Å². The van der Waals surface area contributed by atoms with Crippen molar-refractivity contribution in [2.45, 2.75) is 66.7 Å². The SMILES string of the molecule is CC.CC.CC(CC=O)C(=O)N(C)CC1CCC(C=O)CC1. The number of aldehydes is 2. The smallest absolute Gasteiger partial charge is 0.225 e. The van der Waals surface area contributed by atoms with Crippen LogP contribution in [0.25, 0.3) is 0 Å². The second-order valence-electron chi connectivity index (χ2n) is 5.44. The Labute approximate surface area is 136 Å². The number of hydrogen-bond donors (Lipinski definition) is 0. The highest BCUT2D eigenvalue weighted by atomic mass is 16.2. The van der Waals surface area contributed by atoms with Gasteiger partial charge in [0.15, 0.2) is 0 Å². The molecule has 1 aliphatic rings. The largest absolute Gasteiger partial charge is 0.345 e. The first-order valence-corrected chi connectivity index (χ1v) is 8.72. The number of nitrogens with zero attached hydrogens (tertiary/aromatic N) is 1. The average Bonchev–Trinajstić information content (AvgIpc) is 2.58. The zero-order valence-electron chi connectivity index (χ0n) is 15.3. The number of carbonyl (C=O) groups is 3. The maximum absolute atomic E-state index is 11.9. The topological polar surface area (TPSA) is 54.5 Å². The summed E-state index contributed by atoms with van der Waals surface area (Å²) in [5.74, 6) is 0.535. The fourth-order valence-electron chi connectivity index (χ4n) is 2.61. The maximum atomic E-state index is 11.9. The fourth-order valence-corrected chi connectivity index (χ4v) is 2.61. The first kappa shape index (κ1) is 23.1. The Bertz CT molecular complexity index is 297. The van der Waals surface area contributed by atoms with Crippen molar-refractivity contribution in [3.8, 4) is 0 Å². The van der Waals surface area contributed by atoms with Gasteiger partial charge in [0.25, 0.3) is 0 Å². The lowest BCUT2D eigenvalue weighted by atomic mass is 9.82. The summed E-state index contributed by atoms with van der Waals surface area (Å²) in [5.41, 5.74) is 0. The number of rotatable bonds is 6. The van der Waals surface area contributed by atoms with Crippen molar-refractivity contribution in [2.24, 2.45) is 17.8 Å². The van der Waals surface area contributed by atoms with Crippen molar-refractivity contribution in [1.29, 1.82) is 0 Å². The van der Waals surface area contributed by atoms with Crippen LogP contribution in [0.15, 0.2) is 0 Å². The minimum absolute atomic E-state index is 0.0413. The van der Waals surface area contributed by atoms with Crippen molar-refractivity contribution in [2.75, 3.05) is 13.6 Å². The molecule has 4 heteroatoms. The van der Waals surface area contributed by atoms with Gasteiger partial charge in [-0.05, 0) is 31.6 Å². The number of carbonyl (C=O) groups excluding carboxylic acids is 3. The second-order valence-corrected chi connectivity index (χ2v) is 5.44. The van der Waals surface area contributed by atoms with Gasteiger partial charge < -0.3 is 14.5 Å². The van der Waals surface area contributed by atoms with Crippen LogP contribution >= 0.6 is 0 Å². The highest BCUT2D eigenvalue weighted by Gasteiger charge is 2.24. The highest BCUT2D eigenvalue weighted by molar-refractivity contribution is 5.80. The molecule has 0 aliphatic heterocycles. The van der Waals surface area contributed by atoms with Crippen LogP contribution in [-0.2, 0) is 14.4 Å². The van der Waals surface area contributed by atoms with Crippen LogP contribution in [0.2, 0.25) is 0 Å². The Morgan fingerprint density at radius 3 is 2.00 bits per heavy atom. The zero-order chi connectivity index (χ0) is 17.5. The zero-order valence-corrected chi connectivity index (χ0v) is 15.3. The van der Waals surface area contributed by atoms with Crippen LogP contribution in [0.3, 0.4) is 0 Å². The van der Waals surface area contributed by atoms with Gasteiger partial charge in [0.05, 0.1) is 0 Å². The maximum Gasteiger partial charge on any atom is 0.225 e. The van der Waals surface area contributed by atoms with E-state index in [1.165, 1.54) is 0 Å². The van der Waals surface area contributed by atoms with Crippen LogP contribution in [-0.4, -0.2) is 37.0 Å². The summed E-state index contributed by atoms with van der Waals surface area (Å²) in [6, 6.07) is 0. The molecule has 0 aromatic carbocycles. The monoisotopic (exact) mass is 313 g/mol. The molecule has 0 radical (unpaired) electrons. The molecule has 0 spiro atoms. The van der Waals surface area contributed by atoms with E-state index in [1.54, 1.807) is 18.9 Å². The van der Waals surface area contributed by atoms with Gasteiger partial charge in [-0.15, -0.1) is 0 Å². The predicted octanol–water partition coefficient (Wildman–Crippen LogP) is 3.73. The standard InChI is InChI=1S/C14H23NO3.2C2H6/c1-11(7-8-16)14(18)15(2)9-12-3-5-13(10-17)6-4-12;2*1-2/h8,10-13H,3-7,9H2,1-2H3;2*1-2H3. The van der Waals surface area contributed by atoms with Crippen molar-refractivity contribution in [3.05, 3.63) is 0 Å². The summed E-state index contributed by atoms with van der Waals surface area (Å²) < 4.78 is 0. The van der Waals surface area contributed by atoms with E-state index in [0.29, 0.717) is 12.3 Å². The molecule has 0 aromatic heterocycles. The van der Waals surface area contributed by atoms with E-state index in [0.717, 1.165) is 44.8 Å². The van der Waals surface area contributed by atoms with Crippen LogP contribution in [0.4, 0.5) is 0 Å². The molecule has 1 aliphatic carbocycles. The van der Waals surface area contributed by atoms with E-state index in [2.05, 4.69) is 0 Å². The van der Waals surface area contributed by atoms with Crippen molar-refractivity contribution in [1.82, 2.24) is 4.90 Å². The Hall–Kier alpha value is -1.19. The molecule has 0 heterocycles. The quantitative estimate of drug-likeness (QED) is 0.702. The molecule has 0 saturated heterocycles. The van der Waals surface area contributed by atoms with Crippen LogP contribution in [0.1, 0.15) is 66.7 Å². The van der Waals surface area contributed by atoms with E-state index >= 15 is 0 Å². The van der Waals surface area contributed by atoms with Crippen LogP contribution in [0.5, 0.6) is 0 Å². The van der Waals surface area contributed by atoms with Gasteiger partial charge in [-0.3, -0.25) is 4.79 Å². The molecular formula is C18H35NO3. The molecule has 1 unspecified atom stereocenters. The van der Waals surface area contributed by atoms with E-state index in [4.69, 9.17) is 0 Å². The molecule has 1 amide bonds. The molecule has 0 N–H and O–H groups in total. The molecule has 0 bridgehead atoms. The molecule has 4 nitrogen and oxygen atoms in total. The normalized spacial score (nSPS) is 21.2. The third-order valence-corrected chi connectivity index (χ3v) is 3.86. The van der Waals surface area contributed by atoms with Crippen molar-refractivity contribution < 1.29 is 14.4 Å². The Morgan fingerprint density at radius 2 is 1.59 bits per heavy atom. The molecular weight excluding hydrogens is 278 g/mol. The first-order valence-electron chi connectivity index (χ1n) is 8.72. The van der Waals surface area contributed by atoms with E-state index in [-0.39, 0.29) is 17.7 Å². The van der Waals surface area contributed by atoms with Crippen molar-refractivity contribution in [3.63, 3.8) is 0 Å². The molecule has 1 rings (SSSR count). The lowest BCUT2D eigenvalue weighted by Crippen LogP contribution is -2.36. The number of hydrogen-bond acceptors (Lipinski definition) is 3. The van der Waals surface area contributed by atoms with Gasteiger partial charge in [0.2, 0.25) is 5.91 Å². The molecule has 22 heavy (non-hydrogen) atoms. The minimum atomic E-state index is -0.223.